The molecule has 8 nitrogen and oxygen atoms in total. The normalized spacial score (nSPS) is 22.8. The van der Waals surface area contributed by atoms with E-state index in [9.17, 15) is 5.11 Å². The van der Waals surface area contributed by atoms with Crippen LogP contribution in [0.3, 0.4) is 0 Å². The summed E-state index contributed by atoms with van der Waals surface area (Å²) in [6, 6.07) is 0. The van der Waals surface area contributed by atoms with E-state index in [0.29, 0.717) is 30.0 Å². The second-order valence-corrected chi connectivity index (χ2v) is 5.65. The summed E-state index contributed by atoms with van der Waals surface area (Å²) in [5.41, 5.74) is 0. The van der Waals surface area contributed by atoms with Gasteiger partial charge in [-0.1, -0.05) is 18.0 Å². The van der Waals surface area contributed by atoms with Gasteiger partial charge < -0.3 is 9.63 Å². The number of nitrogens with one attached hydrogen (secondary N) is 1. The first-order chi connectivity index (χ1) is 10.2. The van der Waals surface area contributed by atoms with Gasteiger partial charge >= 0.3 is 0 Å². The molecule has 0 aliphatic heterocycles. The van der Waals surface area contributed by atoms with Gasteiger partial charge in [-0.25, -0.2) is 4.98 Å². The minimum atomic E-state index is -0.186. The maximum atomic E-state index is 10.0. The number of rotatable bonds is 5. The van der Waals surface area contributed by atoms with Crippen molar-refractivity contribution in [1.29, 1.82) is 0 Å². The van der Waals surface area contributed by atoms with Crippen molar-refractivity contribution in [3.05, 3.63) is 12.2 Å². The van der Waals surface area contributed by atoms with Crippen LogP contribution >= 0.6 is 0 Å². The number of aromatic nitrogens is 5. The zero-order valence-corrected chi connectivity index (χ0v) is 12.1. The Morgan fingerprint density at radius 3 is 3.05 bits per heavy atom. The molecule has 0 spiro atoms. The Morgan fingerprint density at radius 2 is 2.29 bits per heavy atom. The van der Waals surface area contributed by atoms with Gasteiger partial charge in [0.1, 0.15) is 6.33 Å². The molecule has 1 aliphatic rings. The highest BCUT2D eigenvalue weighted by molar-refractivity contribution is 5.39. The van der Waals surface area contributed by atoms with E-state index in [1.807, 2.05) is 7.05 Å². The van der Waals surface area contributed by atoms with Crippen LogP contribution in [0.2, 0.25) is 0 Å². The van der Waals surface area contributed by atoms with Gasteiger partial charge in [0.15, 0.2) is 5.82 Å². The number of H-pyrrole nitrogens is 1. The van der Waals surface area contributed by atoms with Gasteiger partial charge in [-0.15, -0.1) is 0 Å². The van der Waals surface area contributed by atoms with Crippen LogP contribution in [0.4, 0.5) is 0 Å². The standard InChI is InChI=1S/C13H20N6O2/c1-19(6-9-4-2-3-5-10(9)20)7-11-16-13(18-21-11)12-14-8-15-17-12/h8-10,20H,2-7H2,1H3,(H,14,15,17). The maximum Gasteiger partial charge on any atom is 0.241 e. The first kappa shape index (κ1) is 14.2. The maximum absolute atomic E-state index is 10.0. The molecule has 2 aromatic rings. The molecule has 1 aliphatic carbocycles. The Hall–Kier alpha value is -1.80. The predicted octanol–water partition coefficient (Wildman–Crippen LogP) is 0.838. The molecule has 0 bridgehead atoms. The Morgan fingerprint density at radius 1 is 1.43 bits per heavy atom. The first-order valence-corrected chi connectivity index (χ1v) is 7.27. The quantitative estimate of drug-likeness (QED) is 0.841. The lowest BCUT2D eigenvalue weighted by Crippen LogP contribution is -2.34. The molecular weight excluding hydrogens is 272 g/mol. The predicted molar refractivity (Wildman–Crippen MR) is 74.0 cm³/mol. The van der Waals surface area contributed by atoms with Gasteiger partial charge in [0.25, 0.3) is 0 Å². The second-order valence-electron chi connectivity index (χ2n) is 5.65. The fraction of sp³-hybridized carbons (Fsp3) is 0.692. The molecule has 0 saturated heterocycles. The monoisotopic (exact) mass is 292 g/mol. The van der Waals surface area contributed by atoms with E-state index in [4.69, 9.17) is 4.52 Å². The van der Waals surface area contributed by atoms with E-state index in [1.165, 1.54) is 12.7 Å². The molecule has 0 aromatic carbocycles. The minimum absolute atomic E-state index is 0.186. The fourth-order valence-corrected chi connectivity index (χ4v) is 2.83. The number of aromatic amines is 1. The molecule has 2 aromatic heterocycles. The molecule has 2 atom stereocenters. The van der Waals surface area contributed by atoms with E-state index in [-0.39, 0.29) is 6.10 Å². The SMILES string of the molecule is CN(Cc1nc(-c2ncn[nH]2)no1)CC1CCCCC1O. The lowest BCUT2D eigenvalue weighted by atomic mass is 9.86. The first-order valence-electron chi connectivity index (χ1n) is 7.27. The Bertz CT molecular complexity index is 555. The molecule has 1 fully saturated rings. The number of hydrogen-bond donors (Lipinski definition) is 2. The van der Waals surface area contributed by atoms with Crippen LogP contribution < -0.4 is 0 Å². The minimum Gasteiger partial charge on any atom is -0.393 e. The molecule has 0 radical (unpaired) electrons. The third-order valence-electron chi connectivity index (χ3n) is 3.92. The van der Waals surface area contributed by atoms with Crippen molar-refractivity contribution >= 4 is 0 Å². The van der Waals surface area contributed by atoms with Crippen molar-refractivity contribution in [2.75, 3.05) is 13.6 Å². The summed E-state index contributed by atoms with van der Waals surface area (Å²) in [5, 5.41) is 20.4. The zero-order chi connectivity index (χ0) is 14.7. The Balaban J connectivity index is 1.56. The van der Waals surface area contributed by atoms with E-state index in [0.717, 1.165) is 25.8 Å². The summed E-state index contributed by atoms with van der Waals surface area (Å²) < 4.78 is 5.22. The van der Waals surface area contributed by atoms with E-state index in [1.54, 1.807) is 0 Å². The highest BCUT2D eigenvalue weighted by Crippen LogP contribution is 2.25. The third-order valence-corrected chi connectivity index (χ3v) is 3.92. The van der Waals surface area contributed by atoms with Crippen molar-refractivity contribution in [3.8, 4) is 11.6 Å². The van der Waals surface area contributed by atoms with E-state index < -0.39 is 0 Å². The number of hydrogen-bond acceptors (Lipinski definition) is 7. The zero-order valence-electron chi connectivity index (χ0n) is 12.1. The number of nitrogens with zero attached hydrogens (tertiary/aromatic N) is 5. The van der Waals surface area contributed by atoms with Crippen LogP contribution in [-0.2, 0) is 6.54 Å². The smallest absolute Gasteiger partial charge is 0.241 e. The fourth-order valence-electron chi connectivity index (χ4n) is 2.83. The average molecular weight is 292 g/mol. The number of aliphatic hydroxyl groups excluding tert-OH is 1. The van der Waals surface area contributed by atoms with Gasteiger partial charge in [0.05, 0.1) is 12.6 Å². The third kappa shape index (κ3) is 3.45. The number of aliphatic hydroxyl groups is 1. The van der Waals surface area contributed by atoms with Gasteiger partial charge in [0.2, 0.25) is 11.7 Å². The van der Waals surface area contributed by atoms with E-state index >= 15 is 0 Å². The largest absolute Gasteiger partial charge is 0.393 e. The van der Waals surface area contributed by atoms with Crippen molar-refractivity contribution in [2.24, 2.45) is 5.92 Å². The van der Waals surface area contributed by atoms with Crippen molar-refractivity contribution in [3.63, 3.8) is 0 Å². The van der Waals surface area contributed by atoms with Crippen LogP contribution in [0.25, 0.3) is 11.6 Å². The summed E-state index contributed by atoms with van der Waals surface area (Å²) in [4.78, 5) is 10.4. The molecule has 2 N–H and O–H groups in total. The van der Waals surface area contributed by atoms with Gasteiger partial charge in [0, 0.05) is 6.54 Å². The van der Waals surface area contributed by atoms with Gasteiger partial charge in [-0.2, -0.15) is 10.1 Å². The van der Waals surface area contributed by atoms with Crippen LogP contribution in [0, 0.1) is 5.92 Å². The van der Waals surface area contributed by atoms with Crippen molar-refractivity contribution in [2.45, 2.75) is 38.3 Å². The summed E-state index contributed by atoms with van der Waals surface area (Å²) in [7, 11) is 2.00. The molecule has 8 heteroatoms. The molecule has 0 amide bonds. The average Bonchev–Trinajstić information content (AvgIpc) is 3.12. The molecule has 114 valence electrons. The van der Waals surface area contributed by atoms with E-state index in [2.05, 4.69) is 30.2 Å². The lowest BCUT2D eigenvalue weighted by molar-refractivity contribution is 0.0484. The summed E-state index contributed by atoms with van der Waals surface area (Å²) in [5.74, 6) is 1.78. The van der Waals surface area contributed by atoms with Crippen LogP contribution in [0.1, 0.15) is 31.6 Å². The summed E-state index contributed by atoms with van der Waals surface area (Å²) >= 11 is 0. The molecule has 2 unspecified atom stereocenters. The van der Waals surface area contributed by atoms with Crippen molar-refractivity contribution < 1.29 is 9.63 Å². The Kier molecular flexibility index (Phi) is 4.26. The molecule has 21 heavy (non-hydrogen) atoms. The Labute approximate surface area is 122 Å². The second kappa shape index (κ2) is 6.31. The summed E-state index contributed by atoms with van der Waals surface area (Å²) in [6.07, 6.45) is 5.54. The highest BCUT2D eigenvalue weighted by Gasteiger charge is 2.24. The molecule has 3 rings (SSSR count). The molecular formula is C13H20N6O2. The van der Waals surface area contributed by atoms with Crippen LogP contribution in [-0.4, -0.2) is 55.0 Å². The van der Waals surface area contributed by atoms with Crippen LogP contribution in [0.15, 0.2) is 10.9 Å². The summed E-state index contributed by atoms with van der Waals surface area (Å²) in [6.45, 7) is 1.39. The van der Waals surface area contributed by atoms with Gasteiger partial charge in [-0.05, 0) is 25.8 Å². The van der Waals surface area contributed by atoms with Crippen LogP contribution in [0.5, 0.6) is 0 Å². The molecule has 2 heterocycles. The highest BCUT2D eigenvalue weighted by atomic mass is 16.5. The topological polar surface area (TPSA) is 104 Å². The van der Waals surface area contributed by atoms with Gasteiger partial charge in [-0.3, -0.25) is 10.00 Å². The lowest BCUT2D eigenvalue weighted by Gasteiger charge is -2.30. The molecule has 1 saturated carbocycles. The van der Waals surface area contributed by atoms with Crippen molar-refractivity contribution in [1.82, 2.24) is 30.2 Å².